The standard InChI is InChI=1S/C19H17N3O4/c1-25-13-9-7-12(8-10-13)15-11-16(22-19(24)21-15)18(23)20-14-5-3-4-6-17(14)26-2/h3-11H,1-2H3,(H,20,23)(H,21,22,24). The normalized spacial score (nSPS) is 10.2. The van der Waals surface area contributed by atoms with Crippen LogP contribution in [0.25, 0.3) is 11.3 Å². The smallest absolute Gasteiger partial charge is 0.346 e. The van der Waals surface area contributed by atoms with Gasteiger partial charge in [0.05, 0.1) is 25.6 Å². The molecule has 0 saturated heterocycles. The summed E-state index contributed by atoms with van der Waals surface area (Å²) in [6.07, 6.45) is 0. The van der Waals surface area contributed by atoms with E-state index in [0.717, 1.165) is 0 Å². The molecule has 2 N–H and O–H groups in total. The molecule has 0 fully saturated rings. The molecule has 0 bridgehead atoms. The lowest BCUT2D eigenvalue weighted by Crippen LogP contribution is -2.21. The number of nitrogens with one attached hydrogen (secondary N) is 2. The summed E-state index contributed by atoms with van der Waals surface area (Å²) in [5.74, 6) is 0.740. The highest BCUT2D eigenvalue weighted by molar-refractivity contribution is 6.04. The van der Waals surface area contributed by atoms with Crippen molar-refractivity contribution in [2.75, 3.05) is 19.5 Å². The van der Waals surface area contributed by atoms with E-state index < -0.39 is 11.6 Å². The number of aromatic nitrogens is 2. The van der Waals surface area contributed by atoms with Crippen molar-refractivity contribution in [1.82, 2.24) is 9.97 Å². The van der Waals surface area contributed by atoms with Crippen LogP contribution in [0.1, 0.15) is 10.5 Å². The summed E-state index contributed by atoms with van der Waals surface area (Å²) < 4.78 is 10.3. The fourth-order valence-electron chi connectivity index (χ4n) is 2.43. The lowest BCUT2D eigenvalue weighted by Gasteiger charge is -2.10. The van der Waals surface area contributed by atoms with E-state index in [1.165, 1.54) is 13.2 Å². The van der Waals surface area contributed by atoms with E-state index in [1.54, 1.807) is 55.6 Å². The molecule has 3 aromatic rings. The van der Waals surface area contributed by atoms with Crippen LogP contribution in [0, 0.1) is 0 Å². The molecule has 132 valence electrons. The van der Waals surface area contributed by atoms with Crippen molar-refractivity contribution in [3.63, 3.8) is 0 Å². The van der Waals surface area contributed by atoms with Gasteiger partial charge in [0.2, 0.25) is 0 Å². The Morgan fingerprint density at radius 2 is 1.77 bits per heavy atom. The summed E-state index contributed by atoms with van der Waals surface area (Å²) in [6.45, 7) is 0. The Kier molecular flexibility index (Phi) is 4.98. The highest BCUT2D eigenvalue weighted by Gasteiger charge is 2.13. The Morgan fingerprint density at radius 3 is 2.46 bits per heavy atom. The summed E-state index contributed by atoms with van der Waals surface area (Å²) >= 11 is 0. The van der Waals surface area contributed by atoms with E-state index in [9.17, 15) is 9.59 Å². The first-order valence-corrected chi connectivity index (χ1v) is 7.81. The summed E-state index contributed by atoms with van der Waals surface area (Å²) in [5, 5.41) is 2.72. The molecule has 0 saturated carbocycles. The number of hydrogen-bond donors (Lipinski definition) is 2. The van der Waals surface area contributed by atoms with Crippen molar-refractivity contribution in [1.29, 1.82) is 0 Å². The molecular formula is C19H17N3O4. The number of methoxy groups -OCH3 is 2. The van der Waals surface area contributed by atoms with Gasteiger partial charge in [-0.15, -0.1) is 0 Å². The van der Waals surface area contributed by atoms with E-state index in [0.29, 0.717) is 28.4 Å². The summed E-state index contributed by atoms with van der Waals surface area (Å²) in [6, 6.07) is 15.6. The summed E-state index contributed by atoms with van der Waals surface area (Å²) in [5.41, 5.74) is 1.08. The molecule has 0 aliphatic rings. The Balaban J connectivity index is 1.91. The minimum absolute atomic E-state index is 0.0988. The van der Waals surface area contributed by atoms with Crippen LogP contribution in [0.15, 0.2) is 59.4 Å². The molecule has 1 amide bonds. The number of aromatic amines is 1. The van der Waals surface area contributed by atoms with Crippen LogP contribution in [0.2, 0.25) is 0 Å². The van der Waals surface area contributed by atoms with Crippen molar-refractivity contribution >= 4 is 11.6 Å². The second-order valence-corrected chi connectivity index (χ2v) is 5.37. The summed E-state index contributed by atoms with van der Waals surface area (Å²) in [4.78, 5) is 30.8. The number of H-pyrrole nitrogens is 1. The predicted octanol–water partition coefficient (Wildman–Crippen LogP) is 2.71. The predicted molar refractivity (Wildman–Crippen MR) is 97.8 cm³/mol. The zero-order valence-corrected chi connectivity index (χ0v) is 14.3. The fraction of sp³-hybridized carbons (Fsp3) is 0.105. The zero-order chi connectivity index (χ0) is 18.5. The second-order valence-electron chi connectivity index (χ2n) is 5.37. The largest absolute Gasteiger partial charge is 0.497 e. The van der Waals surface area contributed by atoms with Crippen LogP contribution in [0.3, 0.4) is 0 Å². The van der Waals surface area contributed by atoms with Gasteiger partial charge in [0.25, 0.3) is 5.91 Å². The van der Waals surface area contributed by atoms with Crippen molar-refractivity contribution in [3.8, 4) is 22.8 Å². The van der Waals surface area contributed by atoms with Crippen molar-refractivity contribution in [2.45, 2.75) is 0 Å². The van der Waals surface area contributed by atoms with Gasteiger partial charge in [0.1, 0.15) is 17.2 Å². The van der Waals surface area contributed by atoms with Gasteiger partial charge in [-0.1, -0.05) is 12.1 Å². The van der Waals surface area contributed by atoms with Gasteiger partial charge in [-0.25, -0.2) is 4.79 Å². The van der Waals surface area contributed by atoms with Crippen molar-refractivity contribution in [3.05, 3.63) is 70.8 Å². The van der Waals surface area contributed by atoms with Gasteiger partial charge in [-0.05, 0) is 42.5 Å². The molecule has 1 aromatic heterocycles. The molecule has 0 unspecified atom stereocenters. The molecule has 0 radical (unpaired) electrons. The highest BCUT2D eigenvalue weighted by atomic mass is 16.5. The molecule has 0 atom stereocenters. The maximum atomic E-state index is 12.5. The maximum absolute atomic E-state index is 12.5. The topological polar surface area (TPSA) is 93.3 Å². The second kappa shape index (κ2) is 7.52. The van der Waals surface area contributed by atoms with E-state index in [-0.39, 0.29) is 5.69 Å². The number of rotatable bonds is 5. The summed E-state index contributed by atoms with van der Waals surface area (Å²) in [7, 11) is 3.09. The number of ether oxygens (including phenoxy) is 2. The first-order chi connectivity index (χ1) is 12.6. The monoisotopic (exact) mass is 351 g/mol. The van der Waals surface area contributed by atoms with E-state index in [2.05, 4.69) is 15.3 Å². The van der Waals surface area contributed by atoms with Gasteiger partial charge in [-0.2, -0.15) is 4.98 Å². The fourth-order valence-corrected chi connectivity index (χ4v) is 2.43. The van der Waals surface area contributed by atoms with Crippen LogP contribution >= 0.6 is 0 Å². The van der Waals surface area contributed by atoms with E-state index >= 15 is 0 Å². The molecule has 0 aliphatic carbocycles. The van der Waals surface area contributed by atoms with Crippen LogP contribution in [0.5, 0.6) is 11.5 Å². The molecule has 7 heteroatoms. The number of carbonyl (C=O) groups excluding carboxylic acids is 1. The Labute approximate surface area is 149 Å². The quantitative estimate of drug-likeness (QED) is 0.737. The molecule has 7 nitrogen and oxygen atoms in total. The van der Waals surface area contributed by atoms with Crippen LogP contribution in [0.4, 0.5) is 5.69 Å². The van der Waals surface area contributed by atoms with Gasteiger partial charge in [-0.3, -0.25) is 4.79 Å². The van der Waals surface area contributed by atoms with Crippen molar-refractivity contribution in [2.24, 2.45) is 0 Å². The van der Waals surface area contributed by atoms with Crippen LogP contribution < -0.4 is 20.5 Å². The third-order valence-electron chi connectivity index (χ3n) is 3.73. The highest BCUT2D eigenvalue weighted by Crippen LogP contribution is 2.24. The Hall–Kier alpha value is -3.61. The first-order valence-electron chi connectivity index (χ1n) is 7.81. The molecule has 0 spiro atoms. The minimum Gasteiger partial charge on any atom is -0.497 e. The lowest BCUT2D eigenvalue weighted by molar-refractivity contribution is 0.102. The third-order valence-corrected chi connectivity index (χ3v) is 3.73. The average Bonchev–Trinajstić information content (AvgIpc) is 2.68. The number of hydrogen-bond acceptors (Lipinski definition) is 5. The Morgan fingerprint density at radius 1 is 1.04 bits per heavy atom. The van der Waals surface area contributed by atoms with Crippen molar-refractivity contribution < 1.29 is 14.3 Å². The third kappa shape index (κ3) is 3.72. The van der Waals surface area contributed by atoms with Crippen LogP contribution in [-0.2, 0) is 0 Å². The molecule has 2 aromatic carbocycles. The van der Waals surface area contributed by atoms with Gasteiger partial charge >= 0.3 is 5.69 Å². The molecule has 0 aliphatic heterocycles. The Bertz CT molecular complexity index is 981. The zero-order valence-electron chi connectivity index (χ0n) is 14.3. The van der Waals surface area contributed by atoms with Gasteiger partial charge in [0, 0.05) is 5.56 Å². The molecule has 3 rings (SSSR count). The average molecular weight is 351 g/mol. The number of carbonyl (C=O) groups is 1. The van der Waals surface area contributed by atoms with E-state index in [4.69, 9.17) is 9.47 Å². The number of nitrogens with zero attached hydrogens (tertiary/aromatic N) is 1. The molecular weight excluding hydrogens is 334 g/mol. The van der Waals surface area contributed by atoms with Crippen LogP contribution in [-0.4, -0.2) is 30.1 Å². The number of para-hydroxylation sites is 2. The molecule has 26 heavy (non-hydrogen) atoms. The minimum atomic E-state index is -0.608. The number of amides is 1. The first kappa shape index (κ1) is 17.2. The SMILES string of the molecule is COc1ccc(-c2cc(C(=O)Nc3ccccc3OC)[nH]c(=O)n2)cc1. The maximum Gasteiger partial charge on any atom is 0.346 e. The van der Waals surface area contributed by atoms with Gasteiger partial charge in [0.15, 0.2) is 0 Å². The number of anilines is 1. The van der Waals surface area contributed by atoms with Gasteiger partial charge < -0.3 is 19.8 Å². The molecule has 1 heterocycles. The van der Waals surface area contributed by atoms with E-state index in [1.807, 2.05) is 0 Å². The number of benzene rings is 2. The lowest BCUT2D eigenvalue weighted by atomic mass is 10.1.